The Labute approximate surface area is 127 Å². The van der Waals surface area contributed by atoms with Crippen LogP contribution in [-0.2, 0) is 16.4 Å². The minimum absolute atomic E-state index is 0.195. The van der Waals surface area contributed by atoms with Gasteiger partial charge >= 0.3 is 0 Å². The van der Waals surface area contributed by atoms with Crippen molar-refractivity contribution in [2.45, 2.75) is 31.2 Å². The van der Waals surface area contributed by atoms with Crippen molar-refractivity contribution in [2.24, 2.45) is 0 Å². The fourth-order valence-corrected chi connectivity index (χ4v) is 3.60. The van der Waals surface area contributed by atoms with Gasteiger partial charge in [0, 0.05) is 10.5 Å². The average Bonchev–Trinajstić information content (AvgIpc) is 2.78. The first kappa shape index (κ1) is 15.2. The first-order valence-corrected chi connectivity index (χ1v) is 8.43. The first-order chi connectivity index (χ1) is 9.38. The van der Waals surface area contributed by atoms with Crippen LogP contribution in [-0.4, -0.2) is 24.7 Å². The van der Waals surface area contributed by atoms with Gasteiger partial charge in [-0.3, -0.25) is 5.10 Å². The number of hydrogen-bond acceptors (Lipinski definition) is 3. The zero-order valence-corrected chi connectivity index (χ0v) is 13.6. The van der Waals surface area contributed by atoms with E-state index in [9.17, 15) is 8.42 Å². The largest absolute Gasteiger partial charge is 0.281 e. The predicted molar refractivity (Wildman–Crippen MR) is 81.0 cm³/mol. The van der Waals surface area contributed by atoms with Gasteiger partial charge in [0.05, 0.1) is 11.9 Å². The van der Waals surface area contributed by atoms with Crippen molar-refractivity contribution in [1.82, 2.24) is 14.9 Å². The summed E-state index contributed by atoms with van der Waals surface area (Å²) in [5, 5.41) is 6.37. The molecule has 0 saturated heterocycles. The molecule has 0 radical (unpaired) electrons. The third-order valence-electron chi connectivity index (χ3n) is 2.88. The van der Waals surface area contributed by atoms with Gasteiger partial charge < -0.3 is 0 Å². The van der Waals surface area contributed by atoms with Gasteiger partial charge in [-0.15, -0.1) is 0 Å². The van der Waals surface area contributed by atoms with Crippen molar-refractivity contribution in [3.8, 4) is 0 Å². The smallest absolute Gasteiger partial charge is 0.244 e. The zero-order chi connectivity index (χ0) is 14.8. The van der Waals surface area contributed by atoms with Crippen LogP contribution in [0.3, 0.4) is 0 Å². The minimum Gasteiger partial charge on any atom is -0.281 e. The maximum atomic E-state index is 12.2. The Balaban J connectivity index is 2.06. The molecule has 0 bridgehead atoms. The Morgan fingerprint density at radius 3 is 2.55 bits per heavy atom. The van der Waals surface area contributed by atoms with Crippen LogP contribution in [0.15, 0.2) is 39.8 Å². The van der Waals surface area contributed by atoms with Gasteiger partial charge in [0.15, 0.2) is 0 Å². The topological polar surface area (TPSA) is 74.8 Å². The van der Waals surface area contributed by atoms with Crippen LogP contribution in [0.2, 0.25) is 0 Å². The Morgan fingerprint density at radius 2 is 2.00 bits per heavy atom. The quantitative estimate of drug-likeness (QED) is 0.862. The third-order valence-corrected chi connectivity index (χ3v) is 5.12. The summed E-state index contributed by atoms with van der Waals surface area (Å²) in [4.78, 5) is 0.195. The Morgan fingerprint density at radius 1 is 1.35 bits per heavy atom. The van der Waals surface area contributed by atoms with Gasteiger partial charge in [-0.05, 0) is 38.0 Å². The molecule has 0 fully saturated rings. The van der Waals surface area contributed by atoms with Crippen LogP contribution in [0.1, 0.15) is 18.2 Å². The van der Waals surface area contributed by atoms with Gasteiger partial charge in [-0.2, -0.15) is 5.10 Å². The number of benzene rings is 1. The molecule has 1 aromatic carbocycles. The van der Waals surface area contributed by atoms with Crippen molar-refractivity contribution in [3.05, 3.63) is 46.2 Å². The average molecular weight is 358 g/mol. The molecule has 0 saturated carbocycles. The summed E-state index contributed by atoms with van der Waals surface area (Å²) >= 11 is 3.37. The lowest BCUT2D eigenvalue weighted by Gasteiger charge is -2.14. The molecule has 2 aromatic rings. The number of aromatic amines is 1. The number of hydrogen-bond donors (Lipinski definition) is 2. The lowest BCUT2D eigenvalue weighted by Crippen LogP contribution is -2.34. The SMILES string of the molecule is Cc1[nH]ncc1S(=O)(=O)NC(C)Cc1ccc(Br)cc1. The maximum absolute atomic E-state index is 12.2. The van der Waals surface area contributed by atoms with Crippen molar-refractivity contribution in [2.75, 3.05) is 0 Å². The molecule has 7 heteroatoms. The standard InChI is InChI=1S/C13H16BrN3O2S/c1-9(7-11-3-5-12(14)6-4-11)17-20(18,19)13-8-15-16-10(13)2/h3-6,8-9,17H,7H2,1-2H3,(H,15,16). The second kappa shape index (κ2) is 6.07. The summed E-state index contributed by atoms with van der Waals surface area (Å²) in [7, 11) is -3.53. The van der Waals surface area contributed by atoms with Crippen molar-refractivity contribution in [1.29, 1.82) is 0 Å². The molecule has 0 spiro atoms. The molecule has 1 heterocycles. The lowest BCUT2D eigenvalue weighted by atomic mass is 10.1. The van der Waals surface area contributed by atoms with Crippen LogP contribution < -0.4 is 4.72 Å². The summed E-state index contributed by atoms with van der Waals surface area (Å²) in [5.74, 6) is 0. The molecule has 1 atom stereocenters. The molecular weight excluding hydrogens is 342 g/mol. The normalized spacial score (nSPS) is 13.3. The molecule has 108 valence electrons. The van der Waals surface area contributed by atoms with Crippen molar-refractivity contribution in [3.63, 3.8) is 0 Å². The molecule has 0 aliphatic carbocycles. The highest BCUT2D eigenvalue weighted by Gasteiger charge is 2.20. The number of rotatable bonds is 5. The molecular formula is C13H16BrN3O2S. The molecule has 2 rings (SSSR count). The number of aryl methyl sites for hydroxylation is 1. The molecule has 1 aromatic heterocycles. The second-order valence-corrected chi connectivity index (χ2v) is 7.31. The van der Waals surface area contributed by atoms with Gasteiger partial charge in [0.25, 0.3) is 0 Å². The molecule has 0 aliphatic rings. The fraction of sp³-hybridized carbons (Fsp3) is 0.308. The van der Waals surface area contributed by atoms with Crippen molar-refractivity contribution >= 4 is 26.0 Å². The van der Waals surface area contributed by atoms with Crippen molar-refractivity contribution < 1.29 is 8.42 Å². The molecule has 1 unspecified atom stereocenters. The Hall–Kier alpha value is -1.18. The number of nitrogens with one attached hydrogen (secondary N) is 2. The Bertz CT molecular complexity index is 680. The van der Waals surface area contributed by atoms with Gasteiger partial charge in [0.2, 0.25) is 10.0 Å². The summed E-state index contributed by atoms with van der Waals surface area (Å²) in [5.41, 5.74) is 1.61. The highest BCUT2D eigenvalue weighted by atomic mass is 79.9. The molecule has 0 amide bonds. The lowest BCUT2D eigenvalue weighted by molar-refractivity contribution is 0.559. The predicted octanol–water partition coefficient (Wildman–Crippen LogP) is 2.39. The van der Waals surface area contributed by atoms with E-state index in [-0.39, 0.29) is 10.9 Å². The number of aromatic nitrogens is 2. The molecule has 5 nitrogen and oxygen atoms in total. The van der Waals surface area contributed by atoms with E-state index in [4.69, 9.17) is 0 Å². The fourth-order valence-electron chi connectivity index (χ4n) is 1.95. The van der Waals surface area contributed by atoms with E-state index >= 15 is 0 Å². The van der Waals surface area contributed by atoms with Crippen LogP contribution in [0.5, 0.6) is 0 Å². The number of sulfonamides is 1. The first-order valence-electron chi connectivity index (χ1n) is 6.15. The summed E-state index contributed by atoms with van der Waals surface area (Å²) < 4.78 is 28.0. The van der Waals surface area contributed by atoms with Gasteiger partial charge in [-0.25, -0.2) is 13.1 Å². The van der Waals surface area contributed by atoms with Crippen LogP contribution in [0.25, 0.3) is 0 Å². The number of nitrogens with zero attached hydrogens (tertiary/aromatic N) is 1. The molecule has 2 N–H and O–H groups in total. The summed E-state index contributed by atoms with van der Waals surface area (Å²) in [6, 6.07) is 7.62. The number of H-pyrrole nitrogens is 1. The van der Waals surface area contributed by atoms with Gasteiger partial charge in [-0.1, -0.05) is 28.1 Å². The van der Waals surface area contributed by atoms with E-state index in [2.05, 4.69) is 30.8 Å². The number of halogens is 1. The second-order valence-electron chi connectivity index (χ2n) is 4.71. The van der Waals surface area contributed by atoms with E-state index in [1.54, 1.807) is 6.92 Å². The molecule has 0 aliphatic heterocycles. The van der Waals surface area contributed by atoms with E-state index in [0.29, 0.717) is 12.1 Å². The highest BCUT2D eigenvalue weighted by molar-refractivity contribution is 9.10. The summed E-state index contributed by atoms with van der Waals surface area (Å²) in [6.45, 7) is 3.52. The van der Waals surface area contributed by atoms with E-state index < -0.39 is 10.0 Å². The van der Waals surface area contributed by atoms with Crippen LogP contribution >= 0.6 is 15.9 Å². The monoisotopic (exact) mass is 357 g/mol. The van der Waals surface area contributed by atoms with E-state index in [0.717, 1.165) is 10.0 Å². The summed E-state index contributed by atoms with van der Waals surface area (Å²) in [6.07, 6.45) is 1.95. The van der Waals surface area contributed by atoms with Crippen LogP contribution in [0.4, 0.5) is 0 Å². The third kappa shape index (κ3) is 3.68. The van der Waals surface area contributed by atoms with Crippen LogP contribution in [0, 0.1) is 6.92 Å². The van der Waals surface area contributed by atoms with Gasteiger partial charge in [0.1, 0.15) is 4.90 Å². The minimum atomic E-state index is -3.53. The Kier molecular flexibility index (Phi) is 4.62. The van der Waals surface area contributed by atoms with E-state index in [1.165, 1.54) is 6.20 Å². The zero-order valence-electron chi connectivity index (χ0n) is 11.2. The highest BCUT2D eigenvalue weighted by Crippen LogP contribution is 2.14. The van der Waals surface area contributed by atoms with E-state index in [1.807, 2.05) is 31.2 Å². The maximum Gasteiger partial charge on any atom is 0.244 e. The molecule has 20 heavy (non-hydrogen) atoms.